The summed E-state index contributed by atoms with van der Waals surface area (Å²) in [6.07, 6.45) is 3.75. The molecule has 1 N–H and O–H groups in total. The number of hydrogen-bond donors (Lipinski definition) is 1. The number of anilines is 1. The number of unbranched alkanes of at least 4 members (excludes halogenated alkanes) is 1. The van der Waals surface area contributed by atoms with Gasteiger partial charge in [-0.2, -0.15) is 0 Å². The van der Waals surface area contributed by atoms with Gasteiger partial charge in [0, 0.05) is 51.8 Å². The summed E-state index contributed by atoms with van der Waals surface area (Å²) in [7, 11) is 0. The fourth-order valence-corrected chi connectivity index (χ4v) is 2.95. The number of carbonyl (C=O) groups is 2. The molecule has 1 aliphatic heterocycles. The van der Waals surface area contributed by atoms with Crippen LogP contribution in [0.3, 0.4) is 0 Å². The minimum Gasteiger partial charge on any atom is -0.340 e. The molecule has 0 radical (unpaired) electrons. The van der Waals surface area contributed by atoms with Crippen molar-refractivity contribution >= 4 is 17.5 Å². The van der Waals surface area contributed by atoms with E-state index in [1.807, 2.05) is 17.0 Å². The minimum atomic E-state index is -0.0471. The topological polar surface area (TPSA) is 52.7 Å². The SMILES string of the molecule is CCCCC(=O)N1CCN(CCc2ccc(NC(C)=O)cc2)CC1. The van der Waals surface area contributed by atoms with Gasteiger partial charge in [-0.1, -0.05) is 25.5 Å². The molecule has 5 nitrogen and oxygen atoms in total. The molecule has 0 aliphatic carbocycles. The van der Waals surface area contributed by atoms with Gasteiger partial charge in [0.2, 0.25) is 11.8 Å². The molecule has 1 fully saturated rings. The van der Waals surface area contributed by atoms with E-state index in [2.05, 4.69) is 29.3 Å². The third-order valence-corrected chi connectivity index (χ3v) is 4.46. The maximum Gasteiger partial charge on any atom is 0.222 e. The Kier molecular flexibility index (Phi) is 7.25. The van der Waals surface area contributed by atoms with Gasteiger partial charge in [0.15, 0.2) is 0 Å². The normalized spacial score (nSPS) is 15.3. The molecule has 132 valence electrons. The standard InChI is InChI=1S/C19H29N3O2/c1-3-4-5-19(24)22-14-12-21(13-15-22)11-10-17-6-8-18(9-7-17)20-16(2)23/h6-9H,3-5,10-15H2,1-2H3,(H,20,23). The van der Waals surface area contributed by atoms with Crippen LogP contribution in [0.15, 0.2) is 24.3 Å². The maximum atomic E-state index is 12.0. The van der Waals surface area contributed by atoms with Crippen molar-refractivity contribution in [2.45, 2.75) is 39.5 Å². The fourth-order valence-electron chi connectivity index (χ4n) is 2.95. The van der Waals surface area contributed by atoms with E-state index in [4.69, 9.17) is 0 Å². The van der Waals surface area contributed by atoms with Gasteiger partial charge in [-0.3, -0.25) is 14.5 Å². The Balaban J connectivity index is 1.70. The highest BCUT2D eigenvalue weighted by atomic mass is 16.2. The molecule has 0 unspecified atom stereocenters. The minimum absolute atomic E-state index is 0.0471. The largest absolute Gasteiger partial charge is 0.340 e. The Morgan fingerprint density at radius 1 is 1.08 bits per heavy atom. The zero-order valence-corrected chi connectivity index (χ0v) is 14.9. The Labute approximate surface area is 145 Å². The molecule has 0 atom stereocenters. The lowest BCUT2D eigenvalue weighted by atomic mass is 10.1. The first-order valence-electron chi connectivity index (χ1n) is 8.95. The van der Waals surface area contributed by atoms with Crippen LogP contribution >= 0.6 is 0 Å². The van der Waals surface area contributed by atoms with Crippen molar-refractivity contribution in [3.63, 3.8) is 0 Å². The molecule has 1 heterocycles. The van der Waals surface area contributed by atoms with Crippen LogP contribution in [0, 0.1) is 0 Å². The third kappa shape index (κ3) is 5.96. The monoisotopic (exact) mass is 331 g/mol. The van der Waals surface area contributed by atoms with Gasteiger partial charge in [-0.05, 0) is 30.5 Å². The van der Waals surface area contributed by atoms with Gasteiger partial charge >= 0.3 is 0 Å². The smallest absolute Gasteiger partial charge is 0.222 e. The second-order valence-corrected chi connectivity index (χ2v) is 6.45. The first-order chi connectivity index (χ1) is 11.6. The molecule has 1 aromatic carbocycles. The molecule has 2 rings (SSSR count). The van der Waals surface area contributed by atoms with Crippen molar-refractivity contribution in [1.82, 2.24) is 9.80 Å². The number of nitrogens with one attached hydrogen (secondary N) is 1. The maximum absolute atomic E-state index is 12.0. The van der Waals surface area contributed by atoms with Gasteiger partial charge in [-0.25, -0.2) is 0 Å². The number of rotatable bonds is 7. The van der Waals surface area contributed by atoms with Crippen molar-refractivity contribution in [3.8, 4) is 0 Å². The number of benzene rings is 1. The van der Waals surface area contributed by atoms with Crippen LogP contribution in [0.5, 0.6) is 0 Å². The summed E-state index contributed by atoms with van der Waals surface area (Å²) in [4.78, 5) is 27.5. The van der Waals surface area contributed by atoms with Crippen LogP contribution in [-0.2, 0) is 16.0 Å². The average molecular weight is 331 g/mol. The summed E-state index contributed by atoms with van der Waals surface area (Å²) < 4.78 is 0. The summed E-state index contributed by atoms with van der Waals surface area (Å²) in [6.45, 7) is 8.27. The van der Waals surface area contributed by atoms with Gasteiger partial charge in [-0.15, -0.1) is 0 Å². The van der Waals surface area contributed by atoms with E-state index in [0.29, 0.717) is 12.3 Å². The lowest BCUT2D eigenvalue weighted by Gasteiger charge is -2.34. The molecule has 1 saturated heterocycles. The third-order valence-electron chi connectivity index (χ3n) is 4.46. The summed E-state index contributed by atoms with van der Waals surface area (Å²) in [5, 5.41) is 2.78. The highest BCUT2D eigenvalue weighted by Crippen LogP contribution is 2.12. The predicted octanol–water partition coefficient (Wildman–Crippen LogP) is 2.52. The van der Waals surface area contributed by atoms with Crippen molar-refractivity contribution in [3.05, 3.63) is 29.8 Å². The van der Waals surface area contributed by atoms with Crippen molar-refractivity contribution in [2.75, 3.05) is 38.0 Å². The second-order valence-electron chi connectivity index (χ2n) is 6.45. The molecule has 0 bridgehead atoms. The average Bonchev–Trinajstić information content (AvgIpc) is 2.59. The van der Waals surface area contributed by atoms with Crippen LogP contribution < -0.4 is 5.32 Å². The number of amides is 2. The molecular formula is C19H29N3O2. The first-order valence-corrected chi connectivity index (χ1v) is 8.95. The number of piperazine rings is 1. The fraction of sp³-hybridized carbons (Fsp3) is 0.579. The molecule has 0 saturated carbocycles. The van der Waals surface area contributed by atoms with Crippen molar-refractivity contribution in [2.24, 2.45) is 0 Å². The predicted molar refractivity (Wildman–Crippen MR) is 97.0 cm³/mol. The number of nitrogens with zero attached hydrogens (tertiary/aromatic N) is 2. The zero-order valence-electron chi connectivity index (χ0n) is 14.9. The second kappa shape index (κ2) is 9.42. The number of hydrogen-bond acceptors (Lipinski definition) is 3. The van der Waals surface area contributed by atoms with E-state index in [1.54, 1.807) is 0 Å². The van der Waals surface area contributed by atoms with E-state index in [-0.39, 0.29) is 5.91 Å². The lowest BCUT2D eigenvalue weighted by Crippen LogP contribution is -2.49. The highest BCUT2D eigenvalue weighted by Gasteiger charge is 2.20. The van der Waals surface area contributed by atoms with Crippen molar-refractivity contribution in [1.29, 1.82) is 0 Å². The molecule has 24 heavy (non-hydrogen) atoms. The summed E-state index contributed by atoms with van der Waals surface area (Å²) in [6, 6.07) is 8.02. The van der Waals surface area contributed by atoms with Crippen LogP contribution in [0.2, 0.25) is 0 Å². The highest BCUT2D eigenvalue weighted by molar-refractivity contribution is 5.88. The summed E-state index contributed by atoms with van der Waals surface area (Å²) in [5.41, 5.74) is 2.11. The molecular weight excluding hydrogens is 302 g/mol. The van der Waals surface area contributed by atoms with E-state index in [9.17, 15) is 9.59 Å². The van der Waals surface area contributed by atoms with Crippen LogP contribution in [-0.4, -0.2) is 54.3 Å². The Bertz CT molecular complexity index is 534. The first kappa shape index (κ1) is 18.5. The van der Waals surface area contributed by atoms with E-state index in [1.165, 1.54) is 12.5 Å². The van der Waals surface area contributed by atoms with Crippen molar-refractivity contribution < 1.29 is 9.59 Å². The summed E-state index contributed by atoms with van der Waals surface area (Å²) >= 11 is 0. The van der Waals surface area contributed by atoms with E-state index in [0.717, 1.165) is 57.7 Å². The molecule has 2 amide bonds. The van der Waals surface area contributed by atoms with Crippen LogP contribution in [0.1, 0.15) is 38.7 Å². The Morgan fingerprint density at radius 2 is 1.75 bits per heavy atom. The summed E-state index contributed by atoms with van der Waals surface area (Å²) in [5.74, 6) is 0.263. The van der Waals surface area contributed by atoms with E-state index < -0.39 is 0 Å². The van der Waals surface area contributed by atoms with Gasteiger partial charge in [0.05, 0.1) is 0 Å². The molecule has 1 aromatic rings. The molecule has 5 heteroatoms. The quantitative estimate of drug-likeness (QED) is 0.835. The van der Waals surface area contributed by atoms with Gasteiger partial charge in [0.25, 0.3) is 0 Å². The number of carbonyl (C=O) groups excluding carboxylic acids is 2. The van der Waals surface area contributed by atoms with Crippen LogP contribution in [0.25, 0.3) is 0 Å². The van der Waals surface area contributed by atoms with Crippen LogP contribution in [0.4, 0.5) is 5.69 Å². The zero-order chi connectivity index (χ0) is 17.4. The lowest BCUT2D eigenvalue weighted by molar-refractivity contribution is -0.133. The molecule has 0 aromatic heterocycles. The Hall–Kier alpha value is -1.88. The molecule has 1 aliphatic rings. The van der Waals surface area contributed by atoms with E-state index >= 15 is 0 Å². The Morgan fingerprint density at radius 3 is 2.33 bits per heavy atom. The molecule has 0 spiro atoms. The van der Waals surface area contributed by atoms with Gasteiger partial charge < -0.3 is 10.2 Å². The van der Waals surface area contributed by atoms with Gasteiger partial charge in [0.1, 0.15) is 0 Å².